The molecule has 0 saturated heterocycles. The Balaban J connectivity index is 0.000000170. The average Bonchev–Trinajstić information content (AvgIpc) is 3.36. The van der Waals surface area contributed by atoms with Crippen LogP contribution in [0.3, 0.4) is 0 Å². The van der Waals surface area contributed by atoms with Crippen molar-refractivity contribution in [2.75, 3.05) is 38.0 Å². The van der Waals surface area contributed by atoms with Crippen molar-refractivity contribution in [2.24, 2.45) is 0 Å². The van der Waals surface area contributed by atoms with Gasteiger partial charge in [-0.25, -0.2) is 0 Å². The zero-order valence-electron chi connectivity index (χ0n) is 17.7. The van der Waals surface area contributed by atoms with Gasteiger partial charge in [-0.15, -0.1) is 35.0 Å². The summed E-state index contributed by atoms with van der Waals surface area (Å²) in [5.41, 5.74) is 2.52. The van der Waals surface area contributed by atoms with Gasteiger partial charge in [-0.3, -0.25) is 0 Å². The standard InChI is InChI=1S/2C11H12N.C2H4.2ClH.Zr/c2*1-12(2)11-7-6-9-4-3-5-10(9)8-11;1-2;;;/h2*3-8H,1-2H3;1H,2H3;2*1H;/q2*-1;;;;+2/p-2. The minimum absolute atomic E-state index is 1.26. The molecule has 4 aromatic carbocycles. The molecule has 4 aromatic rings. The van der Waals surface area contributed by atoms with Crippen LogP contribution in [0.4, 0.5) is 11.4 Å². The third kappa shape index (κ3) is 7.41. The van der Waals surface area contributed by atoms with Gasteiger partial charge in [0.1, 0.15) is 0 Å². The van der Waals surface area contributed by atoms with E-state index in [0.29, 0.717) is 0 Å². The zero-order valence-corrected chi connectivity index (χ0v) is 21.6. The quantitative estimate of drug-likeness (QED) is 0.271. The predicted molar refractivity (Wildman–Crippen MR) is 131 cm³/mol. The van der Waals surface area contributed by atoms with Gasteiger partial charge in [0.05, 0.1) is 0 Å². The summed E-state index contributed by atoms with van der Waals surface area (Å²) in [7, 11) is 19.0. The number of anilines is 2. The van der Waals surface area contributed by atoms with E-state index in [0.717, 1.165) is 0 Å². The van der Waals surface area contributed by atoms with Crippen molar-refractivity contribution in [3.8, 4) is 0 Å². The fraction of sp³-hybridized carbons (Fsp3) is 0.208. The van der Waals surface area contributed by atoms with Crippen LogP contribution in [0.5, 0.6) is 0 Å². The number of hydrogen-bond donors (Lipinski definition) is 0. The first-order chi connectivity index (χ1) is 13.8. The first-order valence-electron chi connectivity index (χ1n) is 9.44. The van der Waals surface area contributed by atoms with E-state index in [4.69, 9.17) is 17.0 Å². The van der Waals surface area contributed by atoms with Gasteiger partial charge in [-0.05, 0) is 0 Å². The molecule has 0 amide bonds. The van der Waals surface area contributed by atoms with Gasteiger partial charge in [-0.1, -0.05) is 24.3 Å². The first-order valence-corrected chi connectivity index (χ1v) is 17.2. The van der Waals surface area contributed by atoms with Crippen molar-refractivity contribution in [1.82, 2.24) is 0 Å². The van der Waals surface area contributed by atoms with Crippen LogP contribution in [0.2, 0.25) is 0 Å². The van der Waals surface area contributed by atoms with Crippen molar-refractivity contribution in [2.45, 2.75) is 6.92 Å². The number of benzene rings is 2. The molecule has 0 aliphatic rings. The van der Waals surface area contributed by atoms with E-state index in [9.17, 15) is 0 Å². The summed E-state index contributed by atoms with van der Waals surface area (Å²) in [6.45, 7) is 1.90. The van der Waals surface area contributed by atoms with Crippen LogP contribution in [-0.4, -0.2) is 31.9 Å². The third-order valence-electron chi connectivity index (χ3n) is 4.49. The number of hydrogen-bond acceptors (Lipinski definition) is 2. The molecule has 0 spiro atoms. The molecule has 0 radical (unpaired) electrons. The molecule has 0 N–H and O–H groups in total. The number of halogens is 2. The second kappa shape index (κ2) is 11.7. The van der Waals surface area contributed by atoms with Gasteiger partial charge >= 0.3 is 46.5 Å². The molecule has 0 saturated carbocycles. The van der Waals surface area contributed by atoms with Gasteiger partial charge in [-0.2, -0.15) is 35.0 Å². The molecule has 5 heteroatoms. The van der Waals surface area contributed by atoms with Gasteiger partial charge in [0, 0.05) is 39.6 Å². The molecule has 0 unspecified atom stereocenters. The summed E-state index contributed by atoms with van der Waals surface area (Å²) in [6, 6.07) is 25.7. The molecule has 4 rings (SSSR count). The molecule has 0 aliphatic carbocycles. The van der Waals surface area contributed by atoms with E-state index in [1.165, 1.54) is 32.9 Å². The van der Waals surface area contributed by atoms with Crippen molar-refractivity contribution < 1.29 is 18.9 Å². The van der Waals surface area contributed by atoms with E-state index in [1.807, 2.05) is 10.6 Å². The fourth-order valence-corrected chi connectivity index (χ4v) is 2.78. The molecule has 0 aliphatic heterocycles. The Morgan fingerprint density at radius 2 is 1.10 bits per heavy atom. The van der Waals surface area contributed by atoms with Crippen molar-refractivity contribution >= 4 is 53.7 Å². The van der Waals surface area contributed by atoms with Crippen LogP contribution in [0.15, 0.2) is 72.8 Å². The van der Waals surface area contributed by atoms with Crippen LogP contribution in [0.25, 0.3) is 21.5 Å². The Bertz CT molecular complexity index is 979. The molecular weight excluding hydrogens is 478 g/mol. The Hall–Kier alpha value is -1.41. The summed E-state index contributed by atoms with van der Waals surface area (Å²) in [5, 5.41) is 5.28. The van der Waals surface area contributed by atoms with Crippen molar-refractivity contribution in [3.63, 3.8) is 0 Å². The number of fused-ring (bicyclic) bond motifs is 2. The summed E-state index contributed by atoms with van der Waals surface area (Å²) in [4.78, 5) is 4.24. The topological polar surface area (TPSA) is 6.48 Å². The second-order valence-electron chi connectivity index (χ2n) is 7.05. The van der Waals surface area contributed by atoms with Crippen molar-refractivity contribution in [3.05, 3.63) is 72.8 Å². The summed E-state index contributed by atoms with van der Waals surface area (Å²) in [5.74, 6) is 0. The normalized spacial score (nSPS) is 9.90. The van der Waals surface area contributed by atoms with Gasteiger partial charge in [0.2, 0.25) is 0 Å². The van der Waals surface area contributed by atoms with Crippen LogP contribution in [-0.2, 0) is 18.9 Å². The second-order valence-corrected chi connectivity index (χ2v) is 15.9. The number of nitrogens with zero attached hydrogens (tertiary/aromatic N) is 2. The average molecular weight is 507 g/mol. The molecule has 154 valence electrons. The van der Waals surface area contributed by atoms with Crippen LogP contribution >= 0.6 is 17.0 Å². The first kappa shape index (κ1) is 23.9. The molecular formula is C24H28Cl2N2Zr-2. The van der Waals surface area contributed by atoms with E-state index in [-0.39, 0.29) is 0 Å². The Morgan fingerprint density at radius 3 is 1.41 bits per heavy atom. The Kier molecular flexibility index (Phi) is 9.63. The predicted octanol–water partition coefficient (Wildman–Crippen LogP) is 6.98. The number of rotatable bonds is 2. The molecule has 0 aromatic heterocycles. The van der Waals surface area contributed by atoms with E-state index < -0.39 is 18.9 Å². The van der Waals surface area contributed by atoms with Crippen LogP contribution in [0.1, 0.15) is 6.92 Å². The third-order valence-corrected chi connectivity index (χ3v) is 8.15. The Morgan fingerprint density at radius 1 is 0.724 bits per heavy atom. The minimum atomic E-state index is -1.76. The molecule has 29 heavy (non-hydrogen) atoms. The monoisotopic (exact) mass is 504 g/mol. The maximum atomic E-state index is 5.37. The molecule has 2 nitrogen and oxygen atoms in total. The van der Waals surface area contributed by atoms with Gasteiger partial charge < -0.3 is 9.80 Å². The molecule has 0 fully saturated rings. The molecule has 0 bridgehead atoms. The zero-order chi connectivity index (χ0) is 21.4. The van der Waals surface area contributed by atoms with Crippen LogP contribution < -0.4 is 9.80 Å². The molecule has 0 heterocycles. The van der Waals surface area contributed by atoms with Crippen molar-refractivity contribution in [1.29, 1.82) is 0 Å². The maximum absolute atomic E-state index is 5.37. The molecule has 0 atom stereocenters. The fourth-order valence-electron chi connectivity index (χ4n) is 2.78. The Labute approximate surface area is 189 Å². The summed E-state index contributed by atoms with van der Waals surface area (Å²) in [6.07, 6.45) is 0. The van der Waals surface area contributed by atoms with Gasteiger partial charge in [0.15, 0.2) is 0 Å². The van der Waals surface area contributed by atoms with E-state index in [2.05, 4.69) is 111 Å². The van der Waals surface area contributed by atoms with E-state index >= 15 is 0 Å². The van der Waals surface area contributed by atoms with Crippen LogP contribution in [0, 0.1) is 0 Å². The summed E-state index contributed by atoms with van der Waals surface area (Å²) < 4.78 is 1.89. The van der Waals surface area contributed by atoms with Gasteiger partial charge in [0.25, 0.3) is 0 Å². The SMILES string of the molecule is CN(C)c1ccc2[cH-]ccc2c1.CN(C)c1ccc2[cH-]ccc2c1.C[CH]=[Zr]([Cl])[Cl]. The van der Waals surface area contributed by atoms with E-state index in [1.54, 1.807) is 0 Å². The summed E-state index contributed by atoms with van der Waals surface area (Å²) >= 11 is -1.76.